The van der Waals surface area contributed by atoms with E-state index in [0.717, 1.165) is 94.4 Å². The molecule has 8 unspecified atom stereocenters. The quantitative estimate of drug-likeness (QED) is 0.319. The van der Waals surface area contributed by atoms with Crippen LogP contribution >= 0.6 is 11.6 Å². The first-order chi connectivity index (χ1) is 28.3. The van der Waals surface area contributed by atoms with Gasteiger partial charge in [-0.2, -0.15) is 0 Å². The van der Waals surface area contributed by atoms with Crippen LogP contribution in [0.1, 0.15) is 121 Å². The van der Waals surface area contributed by atoms with E-state index >= 15 is 0 Å². The zero-order valence-corrected chi connectivity index (χ0v) is 38.7. The molecule has 328 valence electrons. The fraction of sp³-hybridized carbons (Fsp3) is 0.702. The van der Waals surface area contributed by atoms with Crippen molar-refractivity contribution in [3.63, 3.8) is 0 Å². The lowest BCUT2D eigenvalue weighted by Crippen LogP contribution is -2.63. The van der Waals surface area contributed by atoms with Crippen molar-refractivity contribution in [2.75, 3.05) is 70.4 Å². The molecule has 10 nitrogen and oxygen atoms in total. The normalized spacial score (nSPS) is 29.6. The summed E-state index contributed by atoms with van der Waals surface area (Å²) in [6.07, 6.45) is 7.37. The second kappa shape index (κ2) is 20.3. The predicted molar refractivity (Wildman–Crippen MR) is 241 cm³/mol. The van der Waals surface area contributed by atoms with E-state index in [0.29, 0.717) is 49.1 Å². The summed E-state index contributed by atoms with van der Waals surface area (Å²) in [4.78, 5) is 36.3. The molecule has 4 aliphatic heterocycles. The summed E-state index contributed by atoms with van der Waals surface area (Å²) < 4.78 is 28.8. The molecule has 2 saturated heterocycles. The third kappa shape index (κ3) is 11.3. The van der Waals surface area contributed by atoms with Crippen LogP contribution in [0.3, 0.4) is 0 Å². The Morgan fingerprint density at radius 3 is 2.47 bits per heavy atom. The highest BCUT2D eigenvalue weighted by atomic mass is 35.5. The molecule has 2 amide bonds. The van der Waals surface area contributed by atoms with Crippen LogP contribution in [0, 0.1) is 23.7 Å². The number of piperazine rings is 2. The lowest BCUT2D eigenvalue weighted by atomic mass is 9.65. The molecule has 12 heteroatoms. The monoisotopic (exact) mass is 853 g/mol. The molecule has 4 heterocycles. The van der Waals surface area contributed by atoms with Crippen molar-refractivity contribution in [2.45, 2.75) is 123 Å². The molecule has 59 heavy (non-hydrogen) atoms. The van der Waals surface area contributed by atoms with Gasteiger partial charge in [-0.15, -0.1) is 0 Å². The number of nitrogens with one attached hydrogen (secondary N) is 1. The number of anilines is 1. The molecule has 3 fully saturated rings. The number of aryl methyl sites for hydroxylation is 1. The van der Waals surface area contributed by atoms with Crippen molar-refractivity contribution in [2.24, 2.45) is 23.7 Å². The van der Waals surface area contributed by atoms with E-state index in [1.807, 2.05) is 70.7 Å². The Kier molecular flexibility index (Phi) is 15.7. The van der Waals surface area contributed by atoms with E-state index in [1.165, 1.54) is 24.0 Å². The number of nitrogens with zero attached hydrogens (tertiary/aromatic N) is 4. The van der Waals surface area contributed by atoms with Crippen molar-refractivity contribution >= 4 is 40.3 Å². The maximum Gasteiger partial charge on any atom is 0.410 e. The topological polar surface area (TPSA) is 94.7 Å². The summed E-state index contributed by atoms with van der Waals surface area (Å²) in [5.74, 6) is 2.48. The summed E-state index contributed by atoms with van der Waals surface area (Å²) in [7, 11) is -1.51. The smallest absolute Gasteiger partial charge is 0.410 e. The van der Waals surface area contributed by atoms with Gasteiger partial charge in [-0.25, -0.2) is 9.00 Å². The van der Waals surface area contributed by atoms with Crippen LogP contribution in [0.4, 0.5) is 10.5 Å². The van der Waals surface area contributed by atoms with Crippen LogP contribution in [0.15, 0.2) is 36.4 Å². The van der Waals surface area contributed by atoms with E-state index in [9.17, 15) is 13.8 Å². The zero-order chi connectivity index (χ0) is 42.4. The predicted octanol–water partition coefficient (Wildman–Crippen LogP) is 8.78. The molecular weight excluding hydrogens is 782 g/mol. The molecule has 5 aliphatic rings. The van der Waals surface area contributed by atoms with Crippen molar-refractivity contribution in [1.82, 2.24) is 19.4 Å². The average molecular weight is 855 g/mol. The van der Waals surface area contributed by atoms with E-state index in [2.05, 4.69) is 45.4 Å². The molecule has 1 saturated carbocycles. The van der Waals surface area contributed by atoms with Gasteiger partial charge in [-0.3, -0.25) is 14.4 Å². The van der Waals surface area contributed by atoms with Crippen molar-refractivity contribution < 1.29 is 23.3 Å². The second-order valence-electron chi connectivity index (χ2n) is 18.7. The SMILES string of the molecule is CC.CCCc1cc(Cl)ccc1C1COc2ccc3cc2N(C1)CC1CCC1C(CN1CCN2CCN(C(=O)OC(C)(C)C)CC2C1)CCCC(C)C(C)S(=O)NC3=O. The number of ether oxygens (including phenoxy) is 2. The number of carbonyl (C=O) groups is 2. The van der Waals surface area contributed by atoms with E-state index in [-0.39, 0.29) is 29.1 Å². The minimum atomic E-state index is -1.51. The summed E-state index contributed by atoms with van der Waals surface area (Å²) >= 11 is 6.52. The van der Waals surface area contributed by atoms with E-state index in [4.69, 9.17) is 21.1 Å². The molecule has 2 bridgehead atoms. The van der Waals surface area contributed by atoms with Gasteiger partial charge in [0, 0.05) is 81.4 Å². The Balaban J connectivity index is 0.00000288. The number of carbonyl (C=O) groups excluding carboxylic acids is 2. The first kappa shape index (κ1) is 45.7. The number of rotatable bonds is 5. The Morgan fingerprint density at radius 1 is 0.966 bits per heavy atom. The fourth-order valence-corrected chi connectivity index (χ4v) is 11.3. The van der Waals surface area contributed by atoms with Gasteiger partial charge in [-0.1, -0.05) is 58.2 Å². The number of fused-ring (bicyclic) bond motifs is 3. The van der Waals surface area contributed by atoms with Gasteiger partial charge >= 0.3 is 6.09 Å². The second-order valence-corrected chi connectivity index (χ2v) is 20.6. The number of hydrogen-bond acceptors (Lipinski definition) is 8. The van der Waals surface area contributed by atoms with Gasteiger partial charge in [0.25, 0.3) is 5.91 Å². The Labute approximate surface area is 362 Å². The van der Waals surface area contributed by atoms with Crippen molar-refractivity contribution in [1.29, 1.82) is 0 Å². The van der Waals surface area contributed by atoms with Gasteiger partial charge in [0.05, 0.1) is 17.5 Å². The van der Waals surface area contributed by atoms with Crippen LogP contribution in [0.5, 0.6) is 5.75 Å². The molecule has 0 radical (unpaired) electrons. The van der Waals surface area contributed by atoms with Crippen LogP contribution in [-0.4, -0.2) is 113 Å². The number of benzene rings is 2. The van der Waals surface area contributed by atoms with Gasteiger partial charge in [-0.05, 0) is 125 Å². The van der Waals surface area contributed by atoms with Gasteiger partial charge in [0.1, 0.15) is 22.3 Å². The lowest BCUT2D eigenvalue weighted by molar-refractivity contribution is -0.0225. The van der Waals surface area contributed by atoms with Crippen LogP contribution in [-0.2, 0) is 22.1 Å². The number of hydrogen-bond donors (Lipinski definition) is 1. The van der Waals surface area contributed by atoms with Crippen molar-refractivity contribution in [3.8, 4) is 5.75 Å². The van der Waals surface area contributed by atoms with Gasteiger partial charge in [0.15, 0.2) is 0 Å². The highest BCUT2D eigenvalue weighted by Crippen LogP contribution is 2.46. The molecule has 1 N–H and O–H groups in total. The molecule has 1 aliphatic carbocycles. The molecular formula is C47H72ClN5O5S. The molecule has 2 aromatic rings. The summed E-state index contributed by atoms with van der Waals surface area (Å²) in [5.41, 5.74) is 3.51. The number of amides is 2. The van der Waals surface area contributed by atoms with Gasteiger partial charge < -0.3 is 24.2 Å². The molecule has 0 spiro atoms. The van der Waals surface area contributed by atoms with Crippen LogP contribution in [0.2, 0.25) is 5.02 Å². The minimum Gasteiger partial charge on any atom is -0.491 e. The minimum absolute atomic E-state index is 0.135. The van der Waals surface area contributed by atoms with E-state index in [1.54, 1.807) is 0 Å². The molecule has 7 rings (SSSR count). The Morgan fingerprint density at radius 2 is 1.75 bits per heavy atom. The standard InChI is InChI=1S/C45H66ClN5O5S.C2H6/c1-7-9-32-22-37(46)14-16-39(32)36-26-51-25-35-12-15-40(35)34(24-48-18-19-49-20-21-50(28-38(49)27-48)44(53)56-45(4,5)6)11-8-10-30(2)31(3)57(54)47-43(52)33-13-17-42(55-29-36)41(51)23-33;1-2/h13-14,16-17,22-23,30-31,34-36,38,40H,7-12,15,18-21,24-29H2,1-6H3,(H,47,52);1-2H3. The third-order valence-electron chi connectivity index (χ3n) is 13.5. The number of halogens is 1. The van der Waals surface area contributed by atoms with E-state index < -0.39 is 16.6 Å². The maximum absolute atomic E-state index is 13.6. The molecule has 0 aromatic heterocycles. The Bertz CT molecular complexity index is 1770. The first-order valence-electron chi connectivity index (χ1n) is 22.7. The third-order valence-corrected chi connectivity index (χ3v) is 15.3. The van der Waals surface area contributed by atoms with Crippen molar-refractivity contribution in [3.05, 3.63) is 58.1 Å². The zero-order valence-electron chi connectivity index (χ0n) is 37.1. The maximum atomic E-state index is 13.6. The summed E-state index contributed by atoms with van der Waals surface area (Å²) in [6, 6.07) is 12.3. The highest BCUT2D eigenvalue weighted by Gasteiger charge is 2.42. The molecule has 8 atom stereocenters. The highest BCUT2D eigenvalue weighted by molar-refractivity contribution is 7.84. The summed E-state index contributed by atoms with van der Waals surface area (Å²) in [6.45, 7) is 24.8. The Hall–Kier alpha value is -2.86. The fourth-order valence-electron chi connectivity index (χ4n) is 10.0. The van der Waals surface area contributed by atoms with Crippen LogP contribution in [0.25, 0.3) is 0 Å². The summed E-state index contributed by atoms with van der Waals surface area (Å²) in [5, 5.41) is 0.595. The largest absolute Gasteiger partial charge is 0.491 e. The lowest BCUT2D eigenvalue weighted by Gasteiger charge is -2.50. The first-order valence-corrected chi connectivity index (χ1v) is 24.3. The average Bonchev–Trinajstić information content (AvgIpc) is 3.37. The molecule has 2 aromatic carbocycles. The van der Waals surface area contributed by atoms with Crippen LogP contribution < -0.4 is 14.4 Å². The van der Waals surface area contributed by atoms with Gasteiger partial charge in [0.2, 0.25) is 0 Å².